The molecule has 1 rings (SSSR count). The van der Waals surface area contributed by atoms with Gasteiger partial charge in [-0.05, 0) is 38.9 Å². The summed E-state index contributed by atoms with van der Waals surface area (Å²) in [4.78, 5) is 2.29. The lowest BCUT2D eigenvalue weighted by Crippen LogP contribution is -2.38. The van der Waals surface area contributed by atoms with Crippen LogP contribution in [0.3, 0.4) is 0 Å². The monoisotopic (exact) mass is 158 g/mol. The molecule has 0 aromatic carbocycles. The number of hydrogen-bond acceptors (Lipinski definition) is 3. The Kier molecular flexibility index (Phi) is 3.30. The molecule has 66 valence electrons. The summed E-state index contributed by atoms with van der Waals surface area (Å²) in [6.45, 7) is 2.61. The third-order valence-corrected chi connectivity index (χ3v) is 2.55. The van der Waals surface area contributed by atoms with Crippen molar-refractivity contribution in [3.05, 3.63) is 0 Å². The number of aliphatic hydroxyl groups is 1. The fourth-order valence-corrected chi connectivity index (χ4v) is 1.61. The molecular formula is C8H18N2O. The molecule has 1 unspecified atom stereocenters. The summed E-state index contributed by atoms with van der Waals surface area (Å²) in [6, 6.07) is 0. The maximum absolute atomic E-state index is 9.43. The first kappa shape index (κ1) is 8.97. The molecule has 1 fully saturated rings. The van der Waals surface area contributed by atoms with E-state index in [2.05, 4.69) is 11.9 Å². The highest BCUT2D eigenvalue weighted by atomic mass is 16.3. The molecule has 1 aliphatic rings. The van der Waals surface area contributed by atoms with Crippen LogP contribution in [0.2, 0.25) is 0 Å². The molecule has 3 heteroatoms. The van der Waals surface area contributed by atoms with E-state index in [9.17, 15) is 5.11 Å². The molecule has 0 saturated carbocycles. The van der Waals surface area contributed by atoms with Gasteiger partial charge in [0.1, 0.15) is 0 Å². The van der Waals surface area contributed by atoms with E-state index in [0.717, 1.165) is 25.9 Å². The Hall–Kier alpha value is -0.120. The minimum Gasteiger partial charge on any atom is -0.392 e. The highest BCUT2D eigenvalue weighted by Gasteiger charge is 2.22. The van der Waals surface area contributed by atoms with Crippen LogP contribution in [0.4, 0.5) is 0 Å². The summed E-state index contributed by atoms with van der Waals surface area (Å²) in [7, 11) is 2.12. The molecule has 1 aliphatic heterocycles. The van der Waals surface area contributed by atoms with Crippen LogP contribution >= 0.6 is 0 Å². The average molecular weight is 158 g/mol. The van der Waals surface area contributed by atoms with E-state index >= 15 is 0 Å². The topological polar surface area (TPSA) is 49.5 Å². The molecule has 0 aromatic heterocycles. The van der Waals surface area contributed by atoms with Crippen LogP contribution in [-0.4, -0.2) is 42.8 Å². The van der Waals surface area contributed by atoms with E-state index in [1.165, 1.54) is 0 Å². The quantitative estimate of drug-likeness (QED) is 0.577. The van der Waals surface area contributed by atoms with E-state index in [0.29, 0.717) is 12.5 Å². The minimum atomic E-state index is -0.274. The summed E-state index contributed by atoms with van der Waals surface area (Å²) >= 11 is 0. The molecule has 1 saturated heterocycles. The van der Waals surface area contributed by atoms with Crippen LogP contribution in [-0.2, 0) is 0 Å². The number of hydrogen-bond donors (Lipinski definition) is 2. The van der Waals surface area contributed by atoms with Crippen molar-refractivity contribution in [2.24, 2.45) is 11.7 Å². The first-order chi connectivity index (χ1) is 5.24. The zero-order chi connectivity index (χ0) is 8.27. The van der Waals surface area contributed by atoms with Gasteiger partial charge in [-0.2, -0.15) is 0 Å². The fourth-order valence-electron chi connectivity index (χ4n) is 1.61. The third kappa shape index (κ3) is 2.43. The predicted octanol–water partition coefficient (Wildman–Crippen LogP) is -0.352. The van der Waals surface area contributed by atoms with E-state index in [1.807, 2.05) is 0 Å². The standard InChI is InChI=1S/C8H18N2O/c1-10-4-2-7(3-5-10)8(11)6-9/h7-8,11H,2-6,9H2,1H3. The lowest BCUT2D eigenvalue weighted by molar-refractivity contribution is 0.0724. The maximum atomic E-state index is 9.43. The van der Waals surface area contributed by atoms with E-state index in [4.69, 9.17) is 5.73 Å². The van der Waals surface area contributed by atoms with Gasteiger partial charge in [0, 0.05) is 6.54 Å². The Morgan fingerprint density at radius 3 is 2.55 bits per heavy atom. The van der Waals surface area contributed by atoms with Gasteiger partial charge >= 0.3 is 0 Å². The van der Waals surface area contributed by atoms with Gasteiger partial charge < -0.3 is 15.7 Å². The van der Waals surface area contributed by atoms with E-state index in [-0.39, 0.29) is 6.10 Å². The molecule has 0 radical (unpaired) electrons. The van der Waals surface area contributed by atoms with Gasteiger partial charge in [-0.25, -0.2) is 0 Å². The Labute approximate surface area is 68.2 Å². The minimum absolute atomic E-state index is 0.274. The van der Waals surface area contributed by atoms with Gasteiger partial charge in [-0.3, -0.25) is 0 Å². The predicted molar refractivity (Wildman–Crippen MR) is 45.3 cm³/mol. The van der Waals surface area contributed by atoms with Crippen LogP contribution in [0.15, 0.2) is 0 Å². The zero-order valence-corrected chi connectivity index (χ0v) is 7.16. The smallest absolute Gasteiger partial charge is 0.0691 e. The Morgan fingerprint density at radius 1 is 1.55 bits per heavy atom. The number of nitrogens with zero attached hydrogens (tertiary/aromatic N) is 1. The summed E-state index contributed by atoms with van der Waals surface area (Å²) < 4.78 is 0. The van der Waals surface area contributed by atoms with Crippen LogP contribution in [0.1, 0.15) is 12.8 Å². The molecule has 1 atom stereocenters. The average Bonchev–Trinajstić information content (AvgIpc) is 2.05. The SMILES string of the molecule is CN1CCC(C(O)CN)CC1. The van der Waals surface area contributed by atoms with Crippen LogP contribution in [0.25, 0.3) is 0 Å². The number of piperidine rings is 1. The Bertz CT molecular complexity index is 111. The van der Waals surface area contributed by atoms with Crippen molar-refractivity contribution in [2.45, 2.75) is 18.9 Å². The normalized spacial score (nSPS) is 25.4. The summed E-state index contributed by atoms with van der Waals surface area (Å²) in [5, 5.41) is 9.43. The molecule has 0 amide bonds. The van der Waals surface area contributed by atoms with E-state index in [1.54, 1.807) is 0 Å². The Balaban J connectivity index is 2.27. The largest absolute Gasteiger partial charge is 0.392 e. The first-order valence-electron chi connectivity index (χ1n) is 4.30. The third-order valence-electron chi connectivity index (χ3n) is 2.55. The summed E-state index contributed by atoms with van der Waals surface area (Å²) in [5.74, 6) is 0.441. The molecule has 0 bridgehead atoms. The van der Waals surface area contributed by atoms with Gasteiger partial charge in [0.05, 0.1) is 6.10 Å². The molecule has 0 aromatic rings. The highest BCUT2D eigenvalue weighted by Crippen LogP contribution is 2.18. The van der Waals surface area contributed by atoms with Gasteiger partial charge in [0.25, 0.3) is 0 Å². The van der Waals surface area contributed by atoms with Crippen molar-refractivity contribution in [2.75, 3.05) is 26.7 Å². The van der Waals surface area contributed by atoms with E-state index < -0.39 is 0 Å². The fraction of sp³-hybridized carbons (Fsp3) is 1.00. The van der Waals surface area contributed by atoms with Crippen molar-refractivity contribution < 1.29 is 5.11 Å². The lowest BCUT2D eigenvalue weighted by Gasteiger charge is -2.31. The van der Waals surface area contributed by atoms with Gasteiger partial charge in [0.15, 0.2) is 0 Å². The van der Waals surface area contributed by atoms with Crippen molar-refractivity contribution in [1.82, 2.24) is 4.90 Å². The lowest BCUT2D eigenvalue weighted by atomic mass is 9.91. The molecule has 3 nitrogen and oxygen atoms in total. The molecule has 0 aliphatic carbocycles. The summed E-state index contributed by atoms with van der Waals surface area (Å²) in [6.07, 6.45) is 1.91. The Morgan fingerprint density at radius 2 is 2.09 bits per heavy atom. The highest BCUT2D eigenvalue weighted by molar-refractivity contribution is 4.76. The van der Waals surface area contributed by atoms with Crippen LogP contribution in [0.5, 0.6) is 0 Å². The van der Waals surface area contributed by atoms with Crippen LogP contribution < -0.4 is 5.73 Å². The second kappa shape index (κ2) is 4.04. The van der Waals surface area contributed by atoms with Gasteiger partial charge in [-0.1, -0.05) is 0 Å². The van der Waals surface area contributed by atoms with Crippen molar-refractivity contribution in [3.8, 4) is 0 Å². The molecule has 1 heterocycles. The molecule has 3 N–H and O–H groups in total. The van der Waals surface area contributed by atoms with Gasteiger partial charge in [0.2, 0.25) is 0 Å². The second-order valence-corrected chi connectivity index (χ2v) is 3.44. The molecule has 0 spiro atoms. The second-order valence-electron chi connectivity index (χ2n) is 3.44. The maximum Gasteiger partial charge on any atom is 0.0691 e. The molecule has 11 heavy (non-hydrogen) atoms. The number of aliphatic hydroxyl groups excluding tert-OH is 1. The number of rotatable bonds is 2. The first-order valence-corrected chi connectivity index (χ1v) is 4.30. The van der Waals surface area contributed by atoms with Crippen molar-refractivity contribution in [1.29, 1.82) is 0 Å². The van der Waals surface area contributed by atoms with Crippen molar-refractivity contribution in [3.63, 3.8) is 0 Å². The van der Waals surface area contributed by atoms with Crippen molar-refractivity contribution >= 4 is 0 Å². The number of likely N-dealkylation sites (tertiary alicyclic amines) is 1. The molecular weight excluding hydrogens is 140 g/mol. The zero-order valence-electron chi connectivity index (χ0n) is 7.16. The van der Waals surface area contributed by atoms with Gasteiger partial charge in [-0.15, -0.1) is 0 Å². The van der Waals surface area contributed by atoms with Crippen LogP contribution in [0, 0.1) is 5.92 Å². The number of nitrogens with two attached hydrogens (primary N) is 1. The summed E-state index contributed by atoms with van der Waals surface area (Å²) in [5.41, 5.74) is 5.37.